The van der Waals surface area contributed by atoms with Gasteiger partial charge in [0.1, 0.15) is 23.9 Å². The van der Waals surface area contributed by atoms with E-state index in [0.29, 0.717) is 0 Å². The molecular weight excluding hydrogens is 366 g/mol. The molecule has 0 bridgehead atoms. The van der Waals surface area contributed by atoms with Gasteiger partial charge in [0.2, 0.25) is 0 Å². The molecule has 0 saturated carbocycles. The number of phenols is 1. The summed E-state index contributed by atoms with van der Waals surface area (Å²) in [6.07, 6.45) is 0.273. The Morgan fingerprint density at radius 2 is 1.50 bits per heavy atom. The van der Waals surface area contributed by atoms with E-state index in [1.807, 2.05) is 0 Å². The summed E-state index contributed by atoms with van der Waals surface area (Å²) >= 11 is 3.73. The molecule has 0 amide bonds. The molecule has 0 spiro atoms. The van der Waals surface area contributed by atoms with Crippen LogP contribution in [0.15, 0.2) is 24.3 Å². The number of hydrogen-bond acceptors (Lipinski definition) is 10. The van der Waals surface area contributed by atoms with Crippen LogP contribution in [0, 0.1) is 0 Å². The molecule has 11 heteroatoms. The third kappa shape index (κ3) is 9.34. The van der Waals surface area contributed by atoms with E-state index in [4.69, 9.17) is 32.5 Å². The van der Waals surface area contributed by atoms with Crippen LogP contribution in [-0.2, 0) is 25.5 Å². The maximum Gasteiger partial charge on any atom is 0.332 e. The molecule has 0 aliphatic heterocycles. The fraction of sp³-hybridized carbons (Fsp3) is 0.400. The number of carboxylic acids is 1. The zero-order valence-corrected chi connectivity index (χ0v) is 14.7. The van der Waals surface area contributed by atoms with Crippen LogP contribution in [0.3, 0.4) is 0 Å². The van der Waals surface area contributed by atoms with E-state index < -0.39 is 42.6 Å². The fourth-order valence-electron chi connectivity index (χ4n) is 1.37. The number of carbonyl (C=O) groups excluding carboxylic acids is 2. The summed E-state index contributed by atoms with van der Waals surface area (Å²) in [5, 5.41) is 25.9. The van der Waals surface area contributed by atoms with Crippen LogP contribution in [0.1, 0.15) is 5.56 Å². The molecule has 0 radical (unpaired) electrons. The Bertz CT molecular complexity index is 577. The molecule has 3 atom stereocenters. The van der Waals surface area contributed by atoms with Gasteiger partial charge in [-0.15, -0.1) is 0 Å². The Balaban J connectivity index is 0.000000481. The zero-order chi connectivity index (χ0) is 20.3. The molecule has 0 saturated heterocycles. The Morgan fingerprint density at radius 1 is 1.00 bits per heavy atom. The van der Waals surface area contributed by atoms with Crippen LogP contribution >= 0.6 is 12.6 Å². The number of aliphatic hydroxyl groups is 1. The summed E-state index contributed by atoms with van der Waals surface area (Å²) in [4.78, 5) is 32.0. The van der Waals surface area contributed by atoms with E-state index in [9.17, 15) is 14.4 Å². The number of hydrogen-bond donors (Lipinski definition) is 7. The SMILES string of the molecule is N[C@@H](CO)C(=O)OC(=O)[C@@H](N)CS.N[C@@H](Cc1ccc(O)cc1)C(=O)O. The lowest BCUT2D eigenvalue weighted by molar-refractivity contribution is -0.161. The number of nitrogens with two attached hydrogens (primary N) is 3. The van der Waals surface area contributed by atoms with Crippen molar-refractivity contribution in [2.45, 2.75) is 24.5 Å². The van der Waals surface area contributed by atoms with E-state index in [-0.39, 0.29) is 17.9 Å². The van der Waals surface area contributed by atoms with Crippen molar-refractivity contribution in [2.24, 2.45) is 17.2 Å². The molecule has 10 nitrogen and oxygen atoms in total. The van der Waals surface area contributed by atoms with E-state index in [1.165, 1.54) is 12.1 Å². The second-order valence-corrected chi connectivity index (χ2v) is 5.50. The Labute approximate surface area is 155 Å². The Kier molecular flexibility index (Phi) is 11.2. The normalized spacial score (nSPS) is 13.6. The summed E-state index contributed by atoms with van der Waals surface area (Å²) in [6.45, 7) is -0.581. The minimum atomic E-state index is -1.21. The number of rotatable bonds is 7. The summed E-state index contributed by atoms with van der Waals surface area (Å²) in [7, 11) is 0. The topological polar surface area (TPSA) is 199 Å². The van der Waals surface area contributed by atoms with Gasteiger partial charge in [0.05, 0.1) is 6.61 Å². The van der Waals surface area contributed by atoms with Crippen LogP contribution in [0.2, 0.25) is 0 Å². The van der Waals surface area contributed by atoms with Crippen molar-refractivity contribution in [2.75, 3.05) is 12.4 Å². The van der Waals surface area contributed by atoms with Gasteiger partial charge >= 0.3 is 17.9 Å². The molecule has 26 heavy (non-hydrogen) atoms. The van der Waals surface area contributed by atoms with Crippen molar-refractivity contribution < 1.29 is 34.4 Å². The molecule has 1 aromatic carbocycles. The highest BCUT2D eigenvalue weighted by atomic mass is 32.1. The lowest BCUT2D eigenvalue weighted by Crippen LogP contribution is -2.41. The lowest BCUT2D eigenvalue weighted by atomic mass is 10.1. The number of thiol groups is 1. The summed E-state index contributed by atoms with van der Waals surface area (Å²) < 4.78 is 4.22. The number of carbonyl (C=O) groups is 3. The quantitative estimate of drug-likeness (QED) is 0.155. The summed E-state index contributed by atoms with van der Waals surface area (Å²) in [6, 6.07) is 3.25. The minimum absolute atomic E-state index is 0.0699. The van der Waals surface area contributed by atoms with Crippen molar-refractivity contribution in [1.82, 2.24) is 0 Å². The fourth-order valence-corrected chi connectivity index (χ4v) is 1.52. The standard InChI is InChI=1S/C9H11NO3.C6H12N2O4S/c10-8(9(12)13)5-6-1-3-7(11)4-2-6;7-3(1-9)5(10)12-6(11)4(8)2-13/h1-4,8,11H,5,10H2,(H,12,13);3-4,9,13H,1-2,7-8H2/t8-;3-,4-/m00/s1. The molecular formula is C15H23N3O7S. The first-order valence-corrected chi connectivity index (χ1v) is 8.00. The minimum Gasteiger partial charge on any atom is -0.508 e. The third-order valence-electron chi connectivity index (χ3n) is 2.91. The van der Waals surface area contributed by atoms with Gasteiger partial charge in [-0.1, -0.05) is 12.1 Å². The molecule has 0 heterocycles. The van der Waals surface area contributed by atoms with Crippen molar-refractivity contribution in [3.8, 4) is 5.75 Å². The van der Waals surface area contributed by atoms with Gasteiger partial charge in [-0.3, -0.25) is 4.79 Å². The first-order valence-electron chi connectivity index (χ1n) is 7.37. The number of ether oxygens (including phenoxy) is 1. The summed E-state index contributed by atoms with van der Waals surface area (Å²) in [5.74, 6) is -2.69. The van der Waals surface area contributed by atoms with Gasteiger partial charge < -0.3 is 37.3 Å². The molecule has 0 aliphatic carbocycles. The lowest BCUT2D eigenvalue weighted by Gasteiger charge is -2.09. The average Bonchev–Trinajstić information content (AvgIpc) is 2.62. The second-order valence-electron chi connectivity index (χ2n) is 5.13. The maximum absolute atomic E-state index is 10.9. The van der Waals surface area contributed by atoms with Gasteiger partial charge in [0.25, 0.3) is 0 Å². The monoisotopic (exact) mass is 389 g/mol. The highest BCUT2D eigenvalue weighted by Crippen LogP contribution is 2.10. The third-order valence-corrected chi connectivity index (χ3v) is 3.30. The van der Waals surface area contributed by atoms with Gasteiger partial charge in [0.15, 0.2) is 0 Å². The van der Waals surface area contributed by atoms with E-state index in [0.717, 1.165) is 5.56 Å². The second kappa shape index (κ2) is 12.2. The van der Waals surface area contributed by atoms with Gasteiger partial charge in [-0.25, -0.2) is 9.59 Å². The van der Waals surface area contributed by atoms with E-state index >= 15 is 0 Å². The number of phenolic OH excluding ortho intramolecular Hbond substituents is 1. The number of carboxylic acid groups (broad SMARTS) is 1. The van der Waals surface area contributed by atoms with Gasteiger partial charge in [-0.2, -0.15) is 12.6 Å². The van der Waals surface area contributed by atoms with Crippen molar-refractivity contribution in [3.05, 3.63) is 29.8 Å². The molecule has 0 fully saturated rings. The number of aliphatic hydroxyl groups excluding tert-OH is 1. The first-order chi connectivity index (χ1) is 12.1. The van der Waals surface area contributed by atoms with Gasteiger partial charge in [0, 0.05) is 5.75 Å². The van der Waals surface area contributed by atoms with Crippen LogP contribution in [0.4, 0.5) is 0 Å². The van der Waals surface area contributed by atoms with Crippen molar-refractivity contribution in [3.63, 3.8) is 0 Å². The van der Waals surface area contributed by atoms with Gasteiger partial charge in [-0.05, 0) is 24.1 Å². The largest absolute Gasteiger partial charge is 0.508 e. The smallest absolute Gasteiger partial charge is 0.332 e. The predicted molar refractivity (Wildman–Crippen MR) is 95.4 cm³/mol. The Hall–Kier alpha value is -2.18. The van der Waals surface area contributed by atoms with Crippen LogP contribution in [0.5, 0.6) is 5.75 Å². The number of aromatic hydroxyl groups is 1. The Morgan fingerprint density at radius 3 is 1.92 bits per heavy atom. The molecule has 0 aromatic heterocycles. The maximum atomic E-state index is 10.9. The molecule has 1 aromatic rings. The average molecular weight is 389 g/mol. The van der Waals surface area contributed by atoms with E-state index in [2.05, 4.69) is 17.4 Å². The molecule has 146 valence electrons. The summed E-state index contributed by atoms with van der Waals surface area (Å²) in [5.41, 5.74) is 16.4. The molecule has 0 unspecified atom stereocenters. The highest BCUT2D eigenvalue weighted by molar-refractivity contribution is 7.80. The van der Waals surface area contributed by atoms with Crippen molar-refractivity contribution >= 4 is 30.5 Å². The van der Waals surface area contributed by atoms with Crippen molar-refractivity contribution in [1.29, 1.82) is 0 Å². The van der Waals surface area contributed by atoms with Crippen LogP contribution < -0.4 is 17.2 Å². The predicted octanol–water partition coefficient (Wildman–Crippen LogP) is -2.02. The van der Waals surface area contributed by atoms with E-state index in [1.54, 1.807) is 12.1 Å². The molecule has 0 aliphatic rings. The highest BCUT2D eigenvalue weighted by Gasteiger charge is 2.21. The first kappa shape index (κ1) is 23.8. The number of esters is 2. The number of benzene rings is 1. The van der Waals surface area contributed by atoms with Crippen LogP contribution in [0.25, 0.3) is 0 Å². The van der Waals surface area contributed by atoms with Crippen LogP contribution in [-0.4, -0.2) is 63.7 Å². The molecule has 1 rings (SSSR count). The molecule has 9 N–H and O–H groups in total. The zero-order valence-electron chi connectivity index (χ0n) is 13.8. The number of aliphatic carboxylic acids is 1.